The summed E-state index contributed by atoms with van der Waals surface area (Å²) >= 11 is 0. The zero-order valence-corrected chi connectivity index (χ0v) is 9.70. The van der Waals surface area contributed by atoms with Crippen LogP contribution in [0.4, 0.5) is 0 Å². The molecule has 0 aromatic rings. The van der Waals surface area contributed by atoms with Crippen LogP contribution < -0.4 is 5.32 Å². The van der Waals surface area contributed by atoms with Crippen LogP contribution in [-0.2, 0) is 4.79 Å². The second kappa shape index (κ2) is 6.08. The van der Waals surface area contributed by atoms with E-state index in [4.69, 9.17) is 5.11 Å². The van der Waals surface area contributed by atoms with Crippen molar-refractivity contribution in [3.8, 4) is 0 Å². The fraction of sp³-hybridized carbons (Fsp3) is 0.909. The van der Waals surface area contributed by atoms with Crippen LogP contribution in [0.5, 0.6) is 0 Å². The van der Waals surface area contributed by atoms with Gasteiger partial charge in [0.05, 0.1) is 13.2 Å². The number of aliphatic hydroxyl groups is 1. The molecule has 0 saturated carbocycles. The summed E-state index contributed by atoms with van der Waals surface area (Å²) in [4.78, 5) is 13.7. The molecule has 0 radical (unpaired) electrons. The van der Waals surface area contributed by atoms with Gasteiger partial charge in [-0.1, -0.05) is 6.92 Å². The number of carbonyl (C=O) groups excluding carboxylic acids is 1. The Morgan fingerprint density at radius 1 is 1.53 bits per heavy atom. The standard InChI is InChI=1S/C11H22N2O2/c1-9-4-3-6-13(10(9)2)8-11(15)12-5-7-14/h9-10,14H,3-8H2,1-2H3,(H,12,15). The highest BCUT2D eigenvalue weighted by molar-refractivity contribution is 5.78. The van der Waals surface area contributed by atoms with Crippen molar-refractivity contribution in [2.24, 2.45) is 5.92 Å². The van der Waals surface area contributed by atoms with E-state index in [-0.39, 0.29) is 12.5 Å². The second-order valence-electron chi connectivity index (χ2n) is 4.40. The van der Waals surface area contributed by atoms with Gasteiger partial charge in [-0.2, -0.15) is 0 Å². The number of rotatable bonds is 4. The predicted octanol–water partition coefficient (Wildman–Crippen LogP) is 0.215. The molecular formula is C11H22N2O2. The monoisotopic (exact) mass is 214 g/mol. The summed E-state index contributed by atoms with van der Waals surface area (Å²) in [7, 11) is 0. The number of hydrogen-bond acceptors (Lipinski definition) is 3. The van der Waals surface area contributed by atoms with Crippen LogP contribution in [0.2, 0.25) is 0 Å². The summed E-state index contributed by atoms with van der Waals surface area (Å²) < 4.78 is 0. The van der Waals surface area contributed by atoms with Gasteiger partial charge in [0.15, 0.2) is 0 Å². The lowest BCUT2D eigenvalue weighted by Gasteiger charge is -2.37. The van der Waals surface area contributed by atoms with Gasteiger partial charge in [-0.25, -0.2) is 0 Å². The Balaban J connectivity index is 2.33. The molecule has 1 fully saturated rings. The number of amides is 1. The molecule has 0 aromatic carbocycles. The Bertz CT molecular complexity index is 209. The molecule has 15 heavy (non-hydrogen) atoms. The van der Waals surface area contributed by atoms with Gasteiger partial charge in [0.1, 0.15) is 0 Å². The van der Waals surface area contributed by atoms with Crippen LogP contribution in [0.25, 0.3) is 0 Å². The number of hydrogen-bond donors (Lipinski definition) is 2. The summed E-state index contributed by atoms with van der Waals surface area (Å²) in [5.74, 6) is 0.689. The summed E-state index contributed by atoms with van der Waals surface area (Å²) in [5, 5.41) is 11.3. The van der Waals surface area contributed by atoms with Crippen LogP contribution in [0, 0.1) is 5.92 Å². The molecule has 4 heteroatoms. The van der Waals surface area contributed by atoms with Crippen molar-refractivity contribution in [1.29, 1.82) is 0 Å². The highest BCUT2D eigenvalue weighted by atomic mass is 16.3. The number of carbonyl (C=O) groups is 1. The quantitative estimate of drug-likeness (QED) is 0.703. The SMILES string of the molecule is CC1CCCN(CC(=O)NCCO)C1C. The molecule has 1 saturated heterocycles. The minimum absolute atomic E-state index is 0.0116. The van der Waals surface area contributed by atoms with Crippen molar-refractivity contribution in [3.05, 3.63) is 0 Å². The van der Waals surface area contributed by atoms with Crippen LogP contribution in [0.3, 0.4) is 0 Å². The Hall–Kier alpha value is -0.610. The fourth-order valence-electron chi connectivity index (χ4n) is 2.08. The lowest BCUT2D eigenvalue weighted by molar-refractivity contribution is -0.123. The third-order valence-electron chi connectivity index (χ3n) is 3.28. The first-order valence-corrected chi connectivity index (χ1v) is 5.76. The van der Waals surface area contributed by atoms with E-state index in [1.165, 1.54) is 12.8 Å². The largest absolute Gasteiger partial charge is 0.395 e. The first kappa shape index (κ1) is 12.5. The van der Waals surface area contributed by atoms with E-state index in [1.807, 2.05) is 0 Å². The van der Waals surface area contributed by atoms with Gasteiger partial charge >= 0.3 is 0 Å². The number of nitrogens with one attached hydrogen (secondary N) is 1. The highest BCUT2D eigenvalue weighted by Crippen LogP contribution is 2.22. The molecule has 1 aliphatic rings. The molecule has 1 rings (SSSR count). The summed E-state index contributed by atoms with van der Waals surface area (Å²) in [6.07, 6.45) is 2.44. The number of aliphatic hydroxyl groups excluding tert-OH is 1. The van der Waals surface area contributed by atoms with Gasteiger partial charge in [0.2, 0.25) is 5.91 Å². The molecule has 0 spiro atoms. The predicted molar refractivity (Wildman–Crippen MR) is 59.5 cm³/mol. The van der Waals surface area contributed by atoms with Crippen molar-refractivity contribution >= 4 is 5.91 Å². The van der Waals surface area contributed by atoms with E-state index >= 15 is 0 Å². The molecule has 1 heterocycles. The van der Waals surface area contributed by atoms with Crippen LogP contribution in [-0.4, -0.2) is 48.2 Å². The molecule has 1 aliphatic heterocycles. The van der Waals surface area contributed by atoms with Crippen LogP contribution >= 0.6 is 0 Å². The fourth-order valence-corrected chi connectivity index (χ4v) is 2.08. The molecule has 0 aromatic heterocycles. The van der Waals surface area contributed by atoms with Crippen molar-refractivity contribution in [2.75, 3.05) is 26.2 Å². The summed E-state index contributed by atoms with van der Waals surface area (Å²) in [6, 6.07) is 0.485. The Kier molecular flexibility index (Phi) is 5.05. The van der Waals surface area contributed by atoms with E-state index < -0.39 is 0 Å². The third-order valence-corrected chi connectivity index (χ3v) is 3.28. The molecule has 1 amide bonds. The van der Waals surface area contributed by atoms with Gasteiger partial charge in [-0.15, -0.1) is 0 Å². The van der Waals surface area contributed by atoms with E-state index in [2.05, 4.69) is 24.1 Å². The first-order chi connectivity index (χ1) is 7.15. The smallest absolute Gasteiger partial charge is 0.234 e. The van der Waals surface area contributed by atoms with E-state index in [1.54, 1.807) is 0 Å². The molecule has 0 bridgehead atoms. The van der Waals surface area contributed by atoms with E-state index in [9.17, 15) is 4.79 Å². The molecule has 0 aliphatic carbocycles. The molecule has 2 atom stereocenters. The van der Waals surface area contributed by atoms with Crippen molar-refractivity contribution < 1.29 is 9.90 Å². The zero-order valence-electron chi connectivity index (χ0n) is 9.70. The third kappa shape index (κ3) is 3.80. The topological polar surface area (TPSA) is 52.6 Å². The van der Waals surface area contributed by atoms with Crippen LogP contribution in [0.1, 0.15) is 26.7 Å². The molecule has 88 valence electrons. The van der Waals surface area contributed by atoms with Crippen molar-refractivity contribution in [2.45, 2.75) is 32.7 Å². The van der Waals surface area contributed by atoms with E-state index in [0.717, 1.165) is 6.54 Å². The minimum Gasteiger partial charge on any atom is -0.395 e. The Morgan fingerprint density at radius 2 is 2.27 bits per heavy atom. The summed E-state index contributed by atoms with van der Waals surface area (Å²) in [6.45, 7) is 6.27. The van der Waals surface area contributed by atoms with Gasteiger partial charge in [0.25, 0.3) is 0 Å². The van der Waals surface area contributed by atoms with Crippen LogP contribution in [0.15, 0.2) is 0 Å². The van der Waals surface area contributed by atoms with Gasteiger partial charge in [-0.05, 0) is 32.2 Å². The summed E-state index contributed by atoms with van der Waals surface area (Å²) in [5.41, 5.74) is 0. The Morgan fingerprint density at radius 3 is 2.93 bits per heavy atom. The lowest BCUT2D eigenvalue weighted by atomic mass is 9.92. The van der Waals surface area contributed by atoms with Gasteiger partial charge in [0, 0.05) is 12.6 Å². The van der Waals surface area contributed by atoms with Crippen molar-refractivity contribution in [1.82, 2.24) is 10.2 Å². The number of likely N-dealkylation sites (tertiary alicyclic amines) is 1. The van der Waals surface area contributed by atoms with Gasteiger partial charge in [-0.3, -0.25) is 9.69 Å². The maximum atomic E-state index is 11.5. The lowest BCUT2D eigenvalue weighted by Crippen LogP contribution is -2.47. The molecule has 4 nitrogen and oxygen atoms in total. The zero-order chi connectivity index (χ0) is 11.3. The molecule has 2 N–H and O–H groups in total. The second-order valence-corrected chi connectivity index (χ2v) is 4.40. The first-order valence-electron chi connectivity index (χ1n) is 5.76. The maximum absolute atomic E-state index is 11.5. The average Bonchev–Trinajstić information content (AvgIpc) is 2.22. The number of piperidine rings is 1. The minimum atomic E-state index is 0.0116. The average molecular weight is 214 g/mol. The van der Waals surface area contributed by atoms with E-state index in [0.29, 0.717) is 25.0 Å². The molecular weight excluding hydrogens is 192 g/mol. The normalized spacial score (nSPS) is 27.7. The Labute approximate surface area is 91.6 Å². The maximum Gasteiger partial charge on any atom is 0.234 e. The molecule has 2 unspecified atom stereocenters. The van der Waals surface area contributed by atoms with Gasteiger partial charge < -0.3 is 10.4 Å². The highest BCUT2D eigenvalue weighted by Gasteiger charge is 2.25. The number of nitrogens with zero attached hydrogens (tertiary/aromatic N) is 1. The van der Waals surface area contributed by atoms with Crippen molar-refractivity contribution in [3.63, 3.8) is 0 Å².